The van der Waals surface area contributed by atoms with Gasteiger partial charge in [-0.1, -0.05) is 41.4 Å². The molecule has 0 bridgehead atoms. The third-order valence-corrected chi connectivity index (χ3v) is 3.82. The standard InChI is InChI=1S/C17H19Cl2NO2/c1-12(21)9-20-10-13-2-5-15(6-3-13)22-11-14-4-7-16(18)17(19)8-14/h2-8,12,20-21H,9-11H2,1H3. The molecule has 0 heterocycles. The Hall–Kier alpha value is -1.26. The Morgan fingerprint density at radius 1 is 1.05 bits per heavy atom. The lowest BCUT2D eigenvalue weighted by atomic mass is 10.2. The number of hydrogen-bond acceptors (Lipinski definition) is 3. The van der Waals surface area contributed by atoms with Gasteiger partial charge < -0.3 is 15.2 Å². The van der Waals surface area contributed by atoms with E-state index >= 15 is 0 Å². The van der Waals surface area contributed by atoms with Gasteiger partial charge in [-0.3, -0.25) is 0 Å². The normalized spacial score (nSPS) is 12.2. The molecular weight excluding hydrogens is 321 g/mol. The summed E-state index contributed by atoms with van der Waals surface area (Å²) in [6.07, 6.45) is -0.339. The first-order valence-electron chi connectivity index (χ1n) is 7.09. The molecule has 0 aliphatic heterocycles. The fourth-order valence-corrected chi connectivity index (χ4v) is 2.25. The maximum absolute atomic E-state index is 9.19. The van der Waals surface area contributed by atoms with Crippen molar-refractivity contribution < 1.29 is 9.84 Å². The van der Waals surface area contributed by atoms with Crippen LogP contribution in [0.4, 0.5) is 0 Å². The number of halogens is 2. The quantitative estimate of drug-likeness (QED) is 0.799. The van der Waals surface area contributed by atoms with Gasteiger partial charge in [-0.05, 0) is 42.3 Å². The van der Waals surface area contributed by atoms with Crippen molar-refractivity contribution in [3.8, 4) is 5.75 Å². The SMILES string of the molecule is CC(O)CNCc1ccc(OCc2ccc(Cl)c(Cl)c2)cc1. The first-order chi connectivity index (χ1) is 10.5. The van der Waals surface area contributed by atoms with Gasteiger partial charge in [0.05, 0.1) is 16.1 Å². The molecule has 118 valence electrons. The Kier molecular flexibility index (Phi) is 6.52. The highest BCUT2D eigenvalue weighted by Crippen LogP contribution is 2.23. The number of hydrogen-bond donors (Lipinski definition) is 2. The molecule has 3 nitrogen and oxygen atoms in total. The average Bonchev–Trinajstić information content (AvgIpc) is 2.49. The Labute approximate surface area is 140 Å². The average molecular weight is 340 g/mol. The van der Waals surface area contributed by atoms with Crippen LogP contribution in [0.5, 0.6) is 5.75 Å². The van der Waals surface area contributed by atoms with E-state index in [4.69, 9.17) is 27.9 Å². The number of ether oxygens (including phenoxy) is 1. The van der Waals surface area contributed by atoms with Crippen LogP contribution in [0.25, 0.3) is 0 Å². The van der Waals surface area contributed by atoms with Crippen molar-refractivity contribution in [1.29, 1.82) is 0 Å². The first kappa shape index (κ1) is 17.1. The molecule has 1 atom stereocenters. The van der Waals surface area contributed by atoms with Gasteiger partial charge in [0.25, 0.3) is 0 Å². The van der Waals surface area contributed by atoms with Crippen molar-refractivity contribution in [3.05, 3.63) is 63.6 Å². The second-order valence-electron chi connectivity index (χ2n) is 5.16. The van der Waals surface area contributed by atoms with Gasteiger partial charge in [-0.25, -0.2) is 0 Å². The zero-order valence-electron chi connectivity index (χ0n) is 12.4. The summed E-state index contributed by atoms with van der Waals surface area (Å²) in [5.41, 5.74) is 2.11. The number of aliphatic hydroxyl groups is 1. The predicted octanol–water partition coefficient (Wildman–Crippen LogP) is 4.04. The van der Waals surface area contributed by atoms with Gasteiger partial charge in [-0.15, -0.1) is 0 Å². The fraction of sp³-hybridized carbons (Fsp3) is 0.294. The van der Waals surface area contributed by atoms with E-state index in [1.807, 2.05) is 30.3 Å². The van der Waals surface area contributed by atoms with Crippen LogP contribution in [0.1, 0.15) is 18.1 Å². The van der Waals surface area contributed by atoms with Crippen LogP contribution in [0.15, 0.2) is 42.5 Å². The van der Waals surface area contributed by atoms with Crippen LogP contribution >= 0.6 is 23.2 Å². The molecule has 0 amide bonds. The van der Waals surface area contributed by atoms with Crippen molar-refractivity contribution in [1.82, 2.24) is 5.32 Å². The molecule has 0 spiro atoms. The maximum Gasteiger partial charge on any atom is 0.119 e. The van der Waals surface area contributed by atoms with Crippen LogP contribution in [0.2, 0.25) is 10.0 Å². The van der Waals surface area contributed by atoms with E-state index in [0.29, 0.717) is 23.2 Å². The third-order valence-electron chi connectivity index (χ3n) is 3.08. The second kappa shape index (κ2) is 8.39. The minimum atomic E-state index is -0.339. The lowest BCUT2D eigenvalue weighted by Gasteiger charge is -2.09. The molecule has 2 rings (SSSR count). The van der Waals surface area contributed by atoms with Gasteiger partial charge in [0.1, 0.15) is 12.4 Å². The minimum absolute atomic E-state index is 0.339. The summed E-state index contributed by atoms with van der Waals surface area (Å²) in [6.45, 7) is 3.50. The Bertz CT molecular complexity index is 600. The van der Waals surface area contributed by atoms with Crippen molar-refractivity contribution in [2.45, 2.75) is 26.2 Å². The minimum Gasteiger partial charge on any atom is -0.489 e. The summed E-state index contributed by atoms with van der Waals surface area (Å²) in [6, 6.07) is 13.3. The number of aliphatic hydroxyl groups excluding tert-OH is 1. The summed E-state index contributed by atoms with van der Waals surface area (Å²) in [5, 5.41) is 13.4. The Morgan fingerprint density at radius 2 is 1.73 bits per heavy atom. The summed E-state index contributed by atoms with van der Waals surface area (Å²) in [5.74, 6) is 0.797. The van der Waals surface area contributed by atoms with Gasteiger partial charge in [0.15, 0.2) is 0 Å². The molecule has 22 heavy (non-hydrogen) atoms. The van der Waals surface area contributed by atoms with E-state index in [1.165, 1.54) is 0 Å². The van der Waals surface area contributed by atoms with Crippen LogP contribution < -0.4 is 10.1 Å². The monoisotopic (exact) mass is 339 g/mol. The molecule has 1 unspecified atom stereocenters. The van der Waals surface area contributed by atoms with E-state index in [1.54, 1.807) is 19.1 Å². The van der Waals surface area contributed by atoms with E-state index in [2.05, 4.69) is 5.32 Å². The van der Waals surface area contributed by atoms with Crippen LogP contribution in [-0.4, -0.2) is 17.8 Å². The fourth-order valence-electron chi connectivity index (χ4n) is 1.93. The first-order valence-corrected chi connectivity index (χ1v) is 7.84. The van der Waals surface area contributed by atoms with Gasteiger partial charge in [0, 0.05) is 13.1 Å². The molecule has 0 fully saturated rings. The highest BCUT2D eigenvalue weighted by atomic mass is 35.5. The molecule has 0 saturated carbocycles. The van der Waals surface area contributed by atoms with Gasteiger partial charge in [0.2, 0.25) is 0 Å². The van der Waals surface area contributed by atoms with Crippen molar-refractivity contribution in [3.63, 3.8) is 0 Å². The zero-order valence-corrected chi connectivity index (χ0v) is 13.9. The van der Waals surface area contributed by atoms with Crippen molar-refractivity contribution in [2.75, 3.05) is 6.54 Å². The Morgan fingerprint density at radius 3 is 2.36 bits per heavy atom. The molecule has 0 aliphatic carbocycles. The molecule has 5 heteroatoms. The number of nitrogens with one attached hydrogen (secondary N) is 1. The summed E-state index contributed by atoms with van der Waals surface area (Å²) >= 11 is 11.9. The number of benzene rings is 2. The number of rotatable bonds is 7. The second-order valence-corrected chi connectivity index (χ2v) is 5.98. The van der Waals surface area contributed by atoms with Crippen LogP contribution in [0, 0.1) is 0 Å². The lowest BCUT2D eigenvalue weighted by Crippen LogP contribution is -2.23. The maximum atomic E-state index is 9.19. The highest BCUT2D eigenvalue weighted by Gasteiger charge is 2.01. The van der Waals surface area contributed by atoms with Gasteiger partial charge in [-0.2, -0.15) is 0 Å². The molecule has 0 radical (unpaired) electrons. The molecular formula is C17H19Cl2NO2. The molecule has 0 saturated heterocycles. The molecule has 0 aliphatic rings. The molecule has 2 N–H and O–H groups in total. The van der Waals surface area contributed by atoms with Crippen molar-refractivity contribution >= 4 is 23.2 Å². The largest absolute Gasteiger partial charge is 0.489 e. The van der Waals surface area contributed by atoms with E-state index in [-0.39, 0.29) is 6.10 Å². The third kappa shape index (κ3) is 5.50. The molecule has 2 aromatic carbocycles. The van der Waals surface area contributed by atoms with Crippen LogP contribution in [0.3, 0.4) is 0 Å². The summed E-state index contributed by atoms with van der Waals surface area (Å²) in [4.78, 5) is 0. The lowest BCUT2D eigenvalue weighted by molar-refractivity contribution is 0.191. The van der Waals surface area contributed by atoms with E-state index < -0.39 is 0 Å². The van der Waals surface area contributed by atoms with Crippen molar-refractivity contribution in [2.24, 2.45) is 0 Å². The molecule has 0 aromatic heterocycles. The summed E-state index contributed by atoms with van der Waals surface area (Å²) in [7, 11) is 0. The summed E-state index contributed by atoms with van der Waals surface area (Å²) < 4.78 is 5.72. The zero-order chi connectivity index (χ0) is 15.9. The smallest absolute Gasteiger partial charge is 0.119 e. The van der Waals surface area contributed by atoms with Gasteiger partial charge >= 0.3 is 0 Å². The Balaban J connectivity index is 1.84. The highest BCUT2D eigenvalue weighted by molar-refractivity contribution is 6.42. The van der Waals surface area contributed by atoms with E-state index in [9.17, 15) is 5.11 Å². The van der Waals surface area contributed by atoms with Crippen LogP contribution in [-0.2, 0) is 13.2 Å². The predicted molar refractivity (Wildman–Crippen MR) is 90.6 cm³/mol. The van der Waals surface area contributed by atoms with E-state index in [0.717, 1.165) is 23.4 Å². The topological polar surface area (TPSA) is 41.5 Å². The molecule has 2 aromatic rings.